The van der Waals surface area contributed by atoms with Crippen molar-refractivity contribution in [2.75, 3.05) is 0 Å². The molecule has 1 aliphatic rings. The molecule has 0 aromatic heterocycles. The highest BCUT2D eigenvalue weighted by Crippen LogP contribution is 2.40. The van der Waals surface area contributed by atoms with E-state index in [0.29, 0.717) is 5.41 Å². The molecule has 2 N–H and O–H groups in total. The summed E-state index contributed by atoms with van der Waals surface area (Å²) in [7, 11) is 0. The van der Waals surface area contributed by atoms with Crippen molar-refractivity contribution in [2.45, 2.75) is 58.9 Å². The molecule has 0 aromatic carbocycles. The fraction of sp³-hybridized carbons (Fsp3) is 1.00. The molecular weight excluding hydrogens is 146 g/mol. The Kier molecular flexibility index (Phi) is 2.53. The summed E-state index contributed by atoms with van der Waals surface area (Å²) >= 11 is 0. The molecule has 1 rings (SSSR count). The molecular formula is C11H23N. The second kappa shape index (κ2) is 3.02. The SMILES string of the molecule is CC1(N)CCC(C(C)(C)C)CC1. The largest absolute Gasteiger partial charge is 0.325 e. The fourth-order valence-corrected chi connectivity index (χ4v) is 2.14. The van der Waals surface area contributed by atoms with Crippen molar-refractivity contribution < 1.29 is 0 Å². The first kappa shape index (κ1) is 10.0. The second-order valence-corrected chi connectivity index (χ2v) is 5.79. The van der Waals surface area contributed by atoms with Gasteiger partial charge in [0.15, 0.2) is 0 Å². The topological polar surface area (TPSA) is 26.0 Å². The zero-order chi connectivity index (χ0) is 9.41. The van der Waals surface area contributed by atoms with E-state index in [9.17, 15) is 0 Å². The average molecular weight is 169 g/mol. The van der Waals surface area contributed by atoms with Crippen LogP contribution in [0.15, 0.2) is 0 Å². The lowest BCUT2D eigenvalue weighted by atomic mass is 9.68. The predicted molar refractivity (Wildman–Crippen MR) is 54.0 cm³/mol. The van der Waals surface area contributed by atoms with Crippen LogP contribution in [0.2, 0.25) is 0 Å². The monoisotopic (exact) mass is 169 g/mol. The zero-order valence-corrected chi connectivity index (χ0v) is 8.98. The number of hydrogen-bond acceptors (Lipinski definition) is 1. The first-order chi connectivity index (χ1) is 5.31. The summed E-state index contributed by atoms with van der Waals surface area (Å²) in [6.07, 6.45) is 5.04. The minimum absolute atomic E-state index is 0.127. The van der Waals surface area contributed by atoms with Crippen molar-refractivity contribution in [3.63, 3.8) is 0 Å². The minimum atomic E-state index is 0.127. The van der Waals surface area contributed by atoms with E-state index in [1.807, 2.05) is 0 Å². The van der Waals surface area contributed by atoms with Crippen LogP contribution in [-0.2, 0) is 0 Å². The Morgan fingerprint density at radius 1 is 1.17 bits per heavy atom. The average Bonchev–Trinajstić information content (AvgIpc) is 1.83. The smallest absolute Gasteiger partial charge is 0.0126 e. The molecule has 0 spiro atoms. The van der Waals surface area contributed by atoms with Gasteiger partial charge in [0.2, 0.25) is 0 Å². The quantitative estimate of drug-likeness (QED) is 0.593. The van der Waals surface area contributed by atoms with Gasteiger partial charge in [0.25, 0.3) is 0 Å². The standard InChI is InChI=1S/C11H23N/c1-10(2,3)9-5-7-11(4,12)8-6-9/h9H,5-8,12H2,1-4H3. The fourth-order valence-electron chi connectivity index (χ4n) is 2.14. The maximum Gasteiger partial charge on any atom is 0.0126 e. The maximum atomic E-state index is 6.08. The van der Waals surface area contributed by atoms with Crippen molar-refractivity contribution in [1.29, 1.82) is 0 Å². The van der Waals surface area contributed by atoms with Crippen molar-refractivity contribution in [3.05, 3.63) is 0 Å². The lowest BCUT2D eigenvalue weighted by Crippen LogP contribution is -2.42. The van der Waals surface area contributed by atoms with E-state index in [4.69, 9.17) is 5.73 Å². The van der Waals surface area contributed by atoms with E-state index >= 15 is 0 Å². The highest BCUT2D eigenvalue weighted by molar-refractivity contribution is 4.89. The van der Waals surface area contributed by atoms with Crippen LogP contribution in [-0.4, -0.2) is 5.54 Å². The highest BCUT2D eigenvalue weighted by atomic mass is 14.7. The van der Waals surface area contributed by atoms with Gasteiger partial charge in [0, 0.05) is 5.54 Å². The molecule has 0 amide bonds. The Bertz CT molecular complexity index is 143. The molecule has 0 heterocycles. The van der Waals surface area contributed by atoms with Crippen LogP contribution in [0, 0.1) is 11.3 Å². The van der Waals surface area contributed by atoms with Gasteiger partial charge in [-0.3, -0.25) is 0 Å². The molecule has 1 fully saturated rings. The van der Waals surface area contributed by atoms with Gasteiger partial charge < -0.3 is 5.73 Å². The van der Waals surface area contributed by atoms with Gasteiger partial charge in [0.1, 0.15) is 0 Å². The van der Waals surface area contributed by atoms with Gasteiger partial charge in [-0.2, -0.15) is 0 Å². The van der Waals surface area contributed by atoms with Crippen LogP contribution in [0.5, 0.6) is 0 Å². The van der Waals surface area contributed by atoms with Gasteiger partial charge in [-0.1, -0.05) is 20.8 Å². The Labute approximate surface area is 76.7 Å². The van der Waals surface area contributed by atoms with Gasteiger partial charge in [-0.15, -0.1) is 0 Å². The first-order valence-electron chi connectivity index (χ1n) is 5.10. The molecule has 12 heavy (non-hydrogen) atoms. The second-order valence-electron chi connectivity index (χ2n) is 5.79. The van der Waals surface area contributed by atoms with Crippen LogP contribution in [0.25, 0.3) is 0 Å². The van der Waals surface area contributed by atoms with Crippen LogP contribution in [0.4, 0.5) is 0 Å². The molecule has 0 radical (unpaired) electrons. The molecule has 0 saturated heterocycles. The van der Waals surface area contributed by atoms with Crippen LogP contribution < -0.4 is 5.73 Å². The number of rotatable bonds is 0. The molecule has 0 unspecified atom stereocenters. The summed E-state index contributed by atoms with van der Waals surface area (Å²) in [6, 6.07) is 0. The van der Waals surface area contributed by atoms with Gasteiger partial charge in [-0.25, -0.2) is 0 Å². The van der Waals surface area contributed by atoms with Crippen LogP contribution >= 0.6 is 0 Å². The Balaban J connectivity index is 2.47. The van der Waals surface area contributed by atoms with Crippen molar-refractivity contribution in [1.82, 2.24) is 0 Å². The summed E-state index contributed by atoms with van der Waals surface area (Å²) in [6.45, 7) is 9.22. The lowest BCUT2D eigenvalue weighted by molar-refractivity contribution is 0.141. The third-order valence-corrected chi connectivity index (χ3v) is 3.35. The van der Waals surface area contributed by atoms with Crippen LogP contribution in [0.3, 0.4) is 0 Å². The van der Waals surface area contributed by atoms with Crippen molar-refractivity contribution in [2.24, 2.45) is 17.1 Å². The predicted octanol–water partition coefficient (Wildman–Crippen LogP) is 2.94. The third-order valence-electron chi connectivity index (χ3n) is 3.35. The Morgan fingerprint density at radius 2 is 1.58 bits per heavy atom. The van der Waals surface area contributed by atoms with E-state index in [2.05, 4.69) is 27.7 Å². The summed E-state index contributed by atoms with van der Waals surface area (Å²) in [5.41, 5.74) is 6.69. The van der Waals surface area contributed by atoms with Gasteiger partial charge in [0.05, 0.1) is 0 Å². The highest BCUT2D eigenvalue weighted by Gasteiger charge is 2.33. The first-order valence-corrected chi connectivity index (χ1v) is 5.10. The van der Waals surface area contributed by atoms with E-state index in [0.717, 1.165) is 5.92 Å². The zero-order valence-electron chi connectivity index (χ0n) is 8.98. The van der Waals surface area contributed by atoms with Gasteiger partial charge >= 0.3 is 0 Å². The lowest BCUT2D eigenvalue weighted by Gasteiger charge is -2.40. The van der Waals surface area contributed by atoms with Gasteiger partial charge in [-0.05, 0) is 43.9 Å². The molecule has 0 aromatic rings. The molecule has 1 nitrogen and oxygen atoms in total. The minimum Gasteiger partial charge on any atom is -0.325 e. The van der Waals surface area contributed by atoms with E-state index < -0.39 is 0 Å². The van der Waals surface area contributed by atoms with E-state index in [1.165, 1.54) is 25.7 Å². The summed E-state index contributed by atoms with van der Waals surface area (Å²) < 4.78 is 0. The normalized spacial score (nSPS) is 38.2. The maximum absolute atomic E-state index is 6.08. The van der Waals surface area contributed by atoms with Crippen molar-refractivity contribution >= 4 is 0 Å². The van der Waals surface area contributed by atoms with Crippen LogP contribution in [0.1, 0.15) is 53.4 Å². The molecule has 72 valence electrons. The molecule has 1 aliphatic carbocycles. The van der Waals surface area contributed by atoms with E-state index in [-0.39, 0.29) is 5.54 Å². The Morgan fingerprint density at radius 3 is 1.92 bits per heavy atom. The summed E-state index contributed by atoms with van der Waals surface area (Å²) in [5, 5.41) is 0. The summed E-state index contributed by atoms with van der Waals surface area (Å²) in [5.74, 6) is 0.883. The van der Waals surface area contributed by atoms with Crippen molar-refractivity contribution in [3.8, 4) is 0 Å². The molecule has 0 atom stereocenters. The molecule has 0 bridgehead atoms. The number of nitrogens with two attached hydrogens (primary N) is 1. The van der Waals surface area contributed by atoms with E-state index in [1.54, 1.807) is 0 Å². The molecule has 1 saturated carbocycles. The number of hydrogen-bond donors (Lipinski definition) is 1. The molecule has 1 heteroatoms. The third kappa shape index (κ3) is 2.48. The Hall–Kier alpha value is -0.0400. The summed E-state index contributed by atoms with van der Waals surface area (Å²) in [4.78, 5) is 0. The molecule has 0 aliphatic heterocycles.